The van der Waals surface area contributed by atoms with Gasteiger partial charge in [0.25, 0.3) is 0 Å². The maximum atomic E-state index is 14.5. The molecule has 0 aromatic rings. The van der Waals surface area contributed by atoms with E-state index in [9.17, 15) is 63.0 Å². The smallest absolute Gasteiger partial charge is 0.246 e. The van der Waals surface area contributed by atoms with Crippen LogP contribution in [0.1, 0.15) is 182 Å². The highest BCUT2D eigenvalue weighted by atomic mass is 16.3. The molecule has 10 amide bonds. The largest absolute Gasteiger partial charge is 0.393 e. The molecule has 1 rings (SSSR count). The van der Waals surface area contributed by atoms with E-state index in [0.29, 0.717) is 25.9 Å². The van der Waals surface area contributed by atoms with E-state index >= 15 is 0 Å². The summed E-state index contributed by atoms with van der Waals surface area (Å²) in [5, 5.41) is 49.5. The molecule has 1 aliphatic rings. The second-order valence-electron chi connectivity index (χ2n) is 25.7. The Morgan fingerprint density at radius 2 is 1.15 bits per heavy atom. The Balaban J connectivity index is 3.42. The number of carbonyl (C=O) groups excluding carboxylic acids is 11. The normalized spacial score (nSPS) is 17.2. The summed E-state index contributed by atoms with van der Waals surface area (Å²) in [5.74, 6) is -8.19. The zero-order chi connectivity index (χ0) is 64.6. The summed E-state index contributed by atoms with van der Waals surface area (Å²) in [6.45, 7) is 29.1. The summed E-state index contributed by atoms with van der Waals surface area (Å²) in [5.41, 5.74) is -4.92. The molecule has 1 aliphatic heterocycles. The number of nitrogens with zero attached hydrogens (tertiary/aromatic N) is 1. The lowest BCUT2D eigenvalue weighted by Gasteiger charge is -2.34. The summed E-state index contributed by atoms with van der Waals surface area (Å²) >= 11 is 0. The minimum atomic E-state index is -1.82. The van der Waals surface area contributed by atoms with Crippen molar-refractivity contribution in [1.29, 1.82) is 0 Å². The van der Waals surface area contributed by atoms with Crippen molar-refractivity contribution in [2.75, 3.05) is 26.7 Å². The average molecular weight is 1190 g/mol. The number of hydrogen-bond donors (Lipinski definition) is 12. The molecule has 24 nitrogen and oxygen atoms in total. The van der Waals surface area contributed by atoms with Gasteiger partial charge in [0.1, 0.15) is 52.6 Å². The van der Waals surface area contributed by atoms with Crippen molar-refractivity contribution in [2.45, 2.75) is 247 Å². The van der Waals surface area contributed by atoms with Crippen LogP contribution < -0.4 is 53.2 Å². The van der Waals surface area contributed by atoms with Crippen molar-refractivity contribution >= 4 is 64.9 Å². The molecule has 84 heavy (non-hydrogen) atoms. The van der Waals surface area contributed by atoms with Crippen LogP contribution >= 0.6 is 0 Å². The van der Waals surface area contributed by atoms with Crippen LogP contribution in [0.15, 0.2) is 12.2 Å². The van der Waals surface area contributed by atoms with E-state index in [-0.39, 0.29) is 92.9 Å². The van der Waals surface area contributed by atoms with Crippen LogP contribution in [0.2, 0.25) is 0 Å². The Bertz CT molecular complexity index is 2270. The van der Waals surface area contributed by atoms with Gasteiger partial charge in [-0.2, -0.15) is 0 Å². The molecule has 0 spiro atoms. The fourth-order valence-corrected chi connectivity index (χ4v) is 9.30. The second-order valence-corrected chi connectivity index (χ2v) is 25.7. The highest BCUT2D eigenvalue weighted by Crippen LogP contribution is 2.22. The molecule has 0 aromatic carbocycles. The highest BCUT2D eigenvalue weighted by molar-refractivity contribution is 6.00. The first-order valence-electron chi connectivity index (χ1n) is 30.1. The summed E-state index contributed by atoms with van der Waals surface area (Å²) < 4.78 is 0. The number of aliphatic hydroxyl groups excluding tert-OH is 2. The van der Waals surface area contributed by atoms with Crippen LogP contribution in [0.5, 0.6) is 0 Å². The van der Waals surface area contributed by atoms with Gasteiger partial charge in [-0.25, -0.2) is 0 Å². The van der Waals surface area contributed by atoms with Gasteiger partial charge in [0.2, 0.25) is 59.1 Å². The number of carbonyl (C=O) groups is 11. The minimum absolute atomic E-state index is 0.00507. The molecule has 0 aromatic heterocycles. The Labute approximate surface area is 499 Å². The highest BCUT2D eigenvalue weighted by Gasteiger charge is 2.43. The molecule has 0 radical (unpaired) electrons. The molecule has 24 heteroatoms. The van der Waals surface area contributed by atoms with Crippen LogP contribution in [0.4, 0.5) is 0 Å². The number of nitrogens with one attached hydrogen (secondary N) is 10. The number of Topliss-reactive ketones (excluding diaryl/α,β-unsaturated/α-hetero) is 1. The number of allylic oxidation sites excluding steroid dienone is 1. The average Bonchev–Trinajstić information content (AvgIpc) is 4.04. The summed E-state index contributed by atoms with van der Waals surface area (Å²) in [4.78, 5) is 152. The Hall–Kier alpha value is -6.01. The van der Waals surface area contributed by atoms with E-state index in [0.717, 1.165) is 6.42 Å². The van der Waals surface area contributed by atoms with Crippen LogP contribution in [0.3, 0.4) is 0 Å². The fraction of sp³-hybridized carbons (Fsp3) is 0.783. The van der Waals surface area contributed by atoms with E-state index in [1.807, 2.05) is 48.5 Å². The van der Waals surface area contributed by atoms with Crippen LogP contribution in [0, 0.1) is 29.6 Å². The Morgan fingerprint density at radius 1 is 0.619 bits per heavy atom. The maximum Gasteiger partial charge on any atom is 0.246 e. The van der Waals surface area contributed by atoms with E-state index in [4.69, 9.17) is 0 Å². The van der Waals surface area contributed by atoms with Crippen molar-refractivity contribution in [2.24, 2.45) is 29.6 Å². The van der Waals surface area contributed by atoms with Gasteiger partial charge in [0, 0.05) is 44.9 Å². The van der Waals surface area contributed by atoms with Gasteiger partial charge in [-0.05, 0) is 130 Å². The SMILES string of the molecule is CCC(=O)CC(O)CC(C)CC(NC(=O)C1CCCN1C(=O)C=CC(C)CC)C(=O)NC(C(=O)NC(C)(C)C(=O)NC(CC(C)C)C(=O)NC(CC(C)C)C(=O)NC(C)(C)C(=O)NC(C)(C)C(=O)NCCC(=O)NC(C)CNC)C(O)C(C)C. The van der Waals surface area contributed by atoms with E-state index in [1.54, 1.807) is 40.8 Å². The monoisotopic (exact) mass is 1190 g/mol. The molecule has 1 fully saturated rings. The van der Waals surface area contributed by atoms with Gasteiger partial charge in [0.05, 0.1) is 12.2 Å². The van der Waals surface area contributed by atoms with Crippen molar-refractivity contribution in [3.8, 4) is 0 Å². The lowest BCUT2D eigenvalue weighted by molar-refractivity contribution is -0.140. The third kappa shape index (κ3) is 26.5. The lowest BCUT2D eigenvalue weighted by Crippen LogP contribution is -2.66. The molecule has 0 saturated carbocycles. The quantitative estimate of drug-likeness (QED) is 0.0394. The minimum Gasteiger partial charge on any atom is -0.393 e. The van der Waals surface area contributed by atoms with Crippen molar-refractivity contribution in [3.05, 3.63) is 12.2 Å². The van der Waals surface area contributed by atoms with E-state index < -0.39 is 118 Å². The Kier molecular flexibility index (Phi) is 32.1. The number of ketones is 1. The van der Waals surface area contributed by atoms with Crippen molar-refractivity contribution in [1.82, 2.24) is 58.1 Å². The molecule has 1 saturated heterocycles. The van der Waals surface area contributed by atoms with Crippen LogP contribution in [0.25, 0.3) is 0 Å². The topological polar surface area (TPSA) is 352 Å². The molecule has 12 N–H and O–H groups in total. The van der Waals surface area contributed by atoms with Gasteiger partial charge < -0.3 is 68.3 Å². The standard InChI is InChI=1S/C60H107N11O13/c1-19-37(9)23-24-47(75)71-27-21-22-45(71)53(80)65-44(31-38(10)30-41(73)32-40(72)20-2)51(78)67-48(49(76)36(7)8)54(81)69-59(14,15)56(83)66-42(28-34(3)4)50(77)64-43(29-35(5)6)52(79)68-60(16,17)57(84)70-58(12,13)55(82)62-26-25-46(74)63-39(11)33-61-18/h23-24,34-39,41-45,48-49,61,73,76H,19-22,25-33H2,1-18H3,(H,62,82)(H,63,74)(H,64,77)(H,65,80)(H,66,83)(H,67,78)(H,68,79)(H,69,81)(H,70,84). The Morgan fingerprint density at radius 3 is 1.70 bits per heavy atom. The van der Waals surface area contributed by atoms with Gasteiger partial charge in [-0.15, -0.1) is 0 Å². The van der Waals surface area contributed by atoms with E-state index in [1.165, 1.54) is 52.5 Å². The zero-order valence-corrected chi connectivity index (χ0v) is 53.7. The number of amides is 10. The first-order chi connectivity index (χ1) is 38.8. The third-order valence-corrected chi connectivity index (χ3v) is 14.7. The van der Waals surface area contributed by atoms with Crippen molar-refractivity contribution < 1.29 is 63.0 Å². The van der Waals surface area contributed by atoms with Gasteiger partial charge in [-0.3, -0.25) is 52.7 Å². The molecule has 10 atom stereocenters. The van der Waals surface area contributed by atoms with Gasteiger partial charge in [0.15, 0.2) is 0 Å². The first-order valence-corrected chi connectivity index (χ1v) is 30.1. The number of hydrogen-bond acceptors (Lipinski definition) is 14. The number of rotatable bonds is 37. The predicted octanol–water partition coefficient (Wildman–Crippen LogP) is 1.69. The molecule has 480 valence electrons. The van der Waals surface area contributed by atoms with Crippen molar-refractivity contribution in [3.63, 3.8) is 0 Å². The molecule has 0 aliphatic carbocycles. The second kappa shape index (κ2) is 35.4. The summed E-state index contributed by atoms with van der Waals surface area (Å²) in [6, 6.07) is -6.59. The molecule has 0 bridgehead atoms. The molecule has 1 heterocycles. The zero-order valence-electron chi connectivity index (χ0n) is 53.7. The lowest BCUT2D eigenvalue weighted by atomic mass is 9.92. The number of likely N-dealkylation sites (N-methyl/N-ethyl adjacent to an activating group) is 1. The van der Waals surface area contributed by atoms with Gasteiger partial charge in [-0.1, -0.05) is 81.7 Å². The summed E-state index contributed by atoms with van der Waals surface area (Å²) in [7, 11) is 1.76. The van der Waals surface area contributed by atoms with E-state index in [2.05, 4.69) is 53.2 Å². The van der Waals surface area contributed by atoms with Crippen LogP contribution in [-0.4, -0.2) is 172 Å². The maximum absolute atomic E-state index is 14.5. The molecular weight excluding hydrogens is 1080 g/mol. The van der Waals surface area contributed by atoms with Gasteiger partial charge >= 0.3 is 0 Å². The predicted molar refractivity (Wildman–Crippen MR) is 321 cm³/mol. The summed E-state index contributed by atoms with van der Waals surface area (Å²) in [6.07, 6.45) is 2.62. The first kappa shape index (κ1) is 76.0. The molecular formula is C60H107N11O13. The molecule has 10 unspecified atom stereocenters. The number of aliphatic hydroxyl groups is 2. The number of likely N-dealkylation sites (tertiary alicyclic amines) is 1. The fourth-order valence-electron chi connectivity index (χ4n) is 9.30. The van der Waals surface area contributed by atoms with Crippen LogP contribution in [-0.2, 0) is 52.7 Å². The third-order valence-electron chi connectivity index (χ3n) is 14.7.